The number of hydrogen-bond donors (Lipinski definition) is 1. The topological polar surface area (TPSA) is 89.1 Å². The normalized spacial score (nSPS) is 21.6. The van der Waals surface area contributed by atoms with E-state index in [2.05, 4.69) is 47.0 Å². The molecule has 1 aliphatic carbocycles. The molecular formula is C13H11Br2N3O3. The first-order valence-electron chi connectivity index (χ1n) is 6.44. The van der Waals surface area contributed by atoms with E-state index in [-0.39, 0.29) is 5.92 Å². The maximum absolute atomic E-state index is 11.2. The van der Waals surface area contributed by atoms with Crippen LogP contribution in [0.25, 0.3) is 11.5 Å². The number of aromatic nitrogens is 3. The third-order valence-electron chi connectivity index (χ3n) is 3.61. The Morgan fingerprint density at radius 3 is 2.90 bits per heavy atom. The van der Waals surface area contributed by atoms with Crippen molar-refractivity contribution in [3.05, 3.63) is 27.1 Å². The van der Waals surface area contributed by atoms with Gasteiger partial charge in [-0.25, -0.2) is 0 Å². The molecule has 2 unspecified atom stereocenters. The molecule has 1 aliphatic rings. The van der Waals surface area contributed by atoms with Gasteiger partial charge in [0, 0.05) is 15.1 Å². The van der Waals surface area contributed by atoms with Gasteiger partial charge in [0.05, 0.1) is 11.8 Å². The van der Waals surface area contributed by atoms with Gasteiger partial charge in [-0.15, -0.1) is 0 Å². The Morgan fingerprint density at radius 1 is 1.38 bits per heavy atom. The molecule has 0 amide bonds. The van der Waals surface area contributed by atoms with Crippen LogP contribution in [0.5, 0.6) is 0 Å². The van der Waals surface area contributed by atoms with Gasteiger partial charge in [-0.1, -0.05) is 11.6 Å². The predicted octanol–water partition coefficient (Wildman–Crippen LogP) is 3.62. The van der Waals surface area contributed by atoms with E-state index in [0.29, 0.717) is 23.8 Å². The average Bonchev–Trinajstić information content (AvgIpc) is 3.06. The van der Waals surface area contributed by atoms with Crippen molar-refractivity contribution in [2.45, 2.75) is 25.2 Å². The summed E-state index contributed by atoms with van der Waals surface area (Å²) in [4.78, 5) is 19.8. The molecule has 2 heterocycles. The van der Waals surface area contributed by atoms with Gasteiger partial charge in [0.2, 0.25) is 11.7 Å². The van der Waals surface area contributed by atoms with Crippen molar-refractivity contribution in [3.63, 3.8) is 0 Å². The molecule has 110 valence electrons. The predicted molar refractivity (Wildman–Crippen MR) is 80.6 cm³/mol. The first-order valence-corrected chi connectivity index (χ1v) is 8.02. The number of hydrogen-bond acceptors (Lipinski definition) is 5. The monoisotopic (exact) mass is 415 g/mol. The first kappa shape index (κ1) is 14.6. The number of halogens is 2. The van der Waals surface area contributed by atoms with E-state index in [0.717, 1.165) is 21.8 Å². The molecule has 0 spiro atoms. The van der Waals surface area contributed by atoms with Crippen LogP contribution in [-0.4, -0.2) is 26.2 Å². The van der Waals surface area contributed by atoms with Crippen LogP contribution in [0, 0.1) is 5.92 Å². The molecule has 3 rings (SSSR count). The lowest BCUT2D eigenvalue weighted by molar-refractivity contribution is -0.142. The van der Waals surface area contributed by atoms with Crippen molar-refractivity contribution in [2.75, 3.05) is 0 Å². The standard InChI is InChI=1S/C13H11Br2N3O3/c14-6-4-9(15)10(16-5-6)11-17-12(21-18-11)7-2-1-3-8(7)13(19)20/h4-5,7-8H,1-3H2,(H,19,20). The van der Waals surface area contributed by atoms with E-state index in [1.807, 2.05) is 6.07 Å². The molecule has 1 fully saturated rings. The second-order valence-corrected chi connectivity index (χ2v) is 6.69. The Labute approximate surface area is 137 Å². The van der Waals surface area contributed by atoms with Crippen LogP contribution >= 0.6 is 31.9 Å². The van der Waals surface area contributed by atoms with Crippen LogP contribution in [0.3, 0.4) is 0 Å². The Bertz CT molecular complexity index is 689. The molecule has 0 saturated heterocycles. The summed E-state index contributed by atoms with van der Waals surface area (Å²) in [5.41, 5.74) is 0.568. The van der Waals surface area contributed by atoms with Crippen LogP contribution in [0.2, 0.25) is 0 Å². The van der Waals surface area contributed by atoms with Crippen molar-refractivity contribution >= 4 is 37.8 Å². The molecule has 6 nitrogen and oxygen atoms in total. The number of nitrogens with zero attached hydrogens (tertiary/aromatic N) is 3. The summed E-state index contributed by atoms with van der Waals surface area (Å²) in [7, 11) is 0. The zero-order chi connectivity index (χ0) is 15.0. The molecule has 0 aliphatic heterocycles. The van der Waals surface area contributed by atoms with Gasteiger partial charge in [-0.3, -0.25) is 9.78 Å². The van der Waals surface area contributed by atoms with E-state index in [4.69, 9.17) is 4.52 Å². The molecule has 2 aromatic heterocycles. The SMILES string of the molecule is O=C(O)C1CCCC1c1nc(-c2ncc(Br)cc2Br)no1. The number of rotatable bonds is 3. The highest BCUT2D eigenvalue weighted by Gasteiger charge is 2.37. The van der Waals surface area contributed by atoms with Gasteiger partial charge in [0.25, 0.3) is 0 Å². The fourth-order valence-electron chi connectivity index (χ4n) is 2.61. The third kappa shape index (κ3) is 2.87. The molecular weight excluding hydrogens is 406 g/mol. The highest BCUT2D eigenvalue weighted by atomic mass is 79.9. The molecule has 2 aromatic rings. The largest absolute Gasteiger partial charge is 0.481 e. The van der Waals surface area contributed by atoms with Gasteiger partial charge in [0.15, 0.2) is 0 Å². The smallest absolute Gasteiger partial charge is 0.307 e. The van der Waals surface area contributed by atoms with Crippen LogP contribution in [0.1, 0.15) is 31.1 Å². The highest BCUT2D eigenvalue weighted by molar-refractivity contribution is 9.11. The molecule has 2 atom stereocenters. The van der Waals surface area contributed by atoms with Gasteiger partial charge >= 0.3 is 5.97 Å². The van der Waals surface area contributed by atoms with Gasteiger partial charge in [-0.2, -0.15) is 4.98 Å². The lowest BCUT2D eigenvalue weighted by atomic mass is 9.96. The zero-order valence-electron chi connectivity index (χ0n) is 10.8. The summed E-state index contributed by atoms with van der Waals surface area (Å²) < 4.78 is 6.85. The fourth-order valence-corrected chi connectivity index (χ4v) is 3.78. The van der Waals surface area contributed by atoms with Crippen molar-refractivity contribution < 1.29 is 14.4 Å². The van der Waals surface area contributed by atoms with Crippen LogP contribution in [0.15, 0.2) is 25.7 Å². The Kier molecular flexibility index (Phi) is 4.08. The molecule has 1 N–H and O–H groups in total. The average molecular weight is 417 g/mol. The van der Waals surface area contributed by atoms with Gasteiger partial charge in [0.1, 0.15) is 5.69 Å². The Morgan fingerprint density at radius 2 is 2.19 bits per heavy atom. The summed E-state index contributed by atoms with van der Waals surface area (Å²) in [6.07, 6.45) is 3.91. The first-order chi connectivity index (χ1) is 10.1. The summed E-state index contributed by atoms with van der Waals surface area (Å²) in [6, 6.07) is 1.84. The van der Waals surface area contributed by atoms with Crippen molar-refractivity contribution in [1.82, 2.24) is 15.1 Å². The maximum Gasteiger partial charge on any atom is 0.307 e. The molecule has 8 heteroatoms. The number of aliphatic carboxylic acids is 1. The van der Waals surface area contributed by atoms with Crippen LogP contribution in [0.4, 0.5) is 0 Å². The summed E-state index contributed by atoms with van der Waals surface area (Å²) in [6.45, 7) is 0. The number of carboxylic acids is 1. The van der Waals surface area contributed by atoms with Crippen molar-refractivity contribution in [3.8, 4) is 11.5 Å². The second kappa shape index (κ2) is 5.84. The zero-order valence-corrected chi connectivity index (χ0v) is 14.0. The highest BCUT2D eigenvalue weighted by Crippen LogP contribution is 2.39. The Balaban J connectivity index is 1.91. The molecule has 0 aromatic carbocycles. The fraction of sp³-hybridized carbons (Fsp3) is 0.385. The Hall–Kier alpha value is -1.28. The van der Waals surface area contributed by atoms with Crippen LogP contribution < -0.4 is 0 Å². The maximum atomic E-state index is 11.2. The second-order valence-electron chi connectivity index (χ2n) is 4.92. The molecule has 1 saturated carbocycles. The van der Waals surface area contributed by atoms with E-state index in [1.54, 1.807) is 6.20 Å². The van der Waals surface area contributed by atoms with Crippen LogP contribution in [-0.2, 0) is 4.79 Å². The molecule has 21 heavy (non-hydrogen) atoms. The summed E-state index contributed by atoms with van der Waals surface area (Å²) in [5, 5.41) is 13.2. The van der Waals surface area contributed by atoms with Crippen molar-refractivity contribution in [1.29, 1.82) is 0 Å². The van der Waals surface area contributed by atoms with E-state index in [1.165, 1.54) is 0 Å². The summed E-state index contributed by atoms with van der Waals surface area (Å²) >= 11 is 6.73. The lowest BCUT2D eigenvalue weighted by Crippen LogP contribution is -2.17. The number of pyridine rings is 1. The molecule has 0 bridgehead atoms. The summed E-state index contributed by atoms with van der Waals surface area (Å²) in [5.74, 6) is -0.718. The minimum Gasteiger partial charge on any atom is -0.481 e. The number of carbonyl (C=O) groups is 1. The van der Waals surface area contributed by atoms with E-state index >= 15 is 0 Å². The third-order valence-corrected chi connectivity index (χ3v) is 4.65. The van der Waals surface area contributed by atoms with Crippen molar-refractivity contribution in [2.24, 2.45) is 5.92 Å². The number of carboxylic acid groups (broad SMARTS) is 1. The minimum atomic E-state index is -0.805. The van der Waals surface area contributed by atoms with Gasteiger partial charge in [-0.05, 0) is 50.8 Å². The van der Waals surface area contributed by atoms with E-state index < -0.39 is 11.9 Å². The van der Waals surface area contributed by atoms with E-state index in [9.17, 15) is 9.90 Å². The molecule has 0 radical (unpaired) electrons. The minimum absolute atomic E-state index is 0.210. The van der Waals surface area contributed by atoms with Gasteiger partial charge < -0.3 is 9.63 Å². The quantitative estimate of drug-likeness (QED) is 0.821. The lowest BCUT2D eigenvalue weighted by Gasteiger charge is -2.10.